The van der Waals surface area contributed by atoms with E-state index in [1.54, 1.807) is 0 Å². The van der Waals surface area contributed by atoms with Crippen LogP contribution in [0.1, 0.15) is 31.9 Å². The van der Waals surface area contributed by atoms with Gasteiger partial charge in [-0.05, 0) is 31.2 Å². The van der Waals surface area contributed by atoms with Crippen molar-refractivity contribution in [1.82, 2.24) is 15.1 Å². The number of ether oxygens (including phenoxy) is 1. The Bertz CT molecular complexity index is 556. The van der Waals surface area contributed by atoms with Gasteiger partial charge in [-0.3, -0.25) is 4.68 Å². The van der Waals surface area contributed by atoms with Crippen LogP contribution in [0, 0.1) is 0 Å². The fraction of sp³-hybridized carbons (Fsp3) is 0.438. The van der Waals surface area contributed by atoms with Crippen molar-refractivity contribution in [3.63, 3.8) is 0 Å². The molecule has 0 fully saturated rings. The molecular weight excluding hydrogens is 330 g/mol. The molecule has 0 aliphatic carbocycles. The Morgan fingerprint density at radius 3 is 2.95 bits per heavy atom. The molecule has 0 radical (unpaired) electrons. The molecule has 5 heteroatoms. The summed E-state index contributed by atoms with van der Waals surface area (Å²) in [7, 11) is 0. The van der Waals surface area contributed by atoms with Gasteiger partial charge in [-0.15, -0.1) is 0 Å². The zero-order chi connectivity index (χ0) is 15.1. The van der Waals surface area contributed by atoms with E-state index >= 15 is 0 Å². The Kier molecular flexibility index (Phi) is 6.26. The van der Waals surface area contributed by atoms with Crippen LogP contribution < -0.4 is 10.1 Å². The Hall–Kier alpha value is -1.33. The van der Waals surface area contributed by atoms with Crippen LogP contribution >= 0.6 is 15.9 Å². The summed E-state index contributed by atoms with van der Waals surface area (Å²) in [6.45, 7) is 6.63. The highest BCUT2D eigenvalue weighted by Crippen LogP contribution is 2.18. The minimum atomic E-state index is 0.384. The Morgan fingerprint density at radius 1 is 1.38 bits per heavy atom. The molecule has 0 bridgehead atoms. The molecule has 0 aliphatic rings. The molecule has 114 valence electrons. The lowest BCUT2D eigenvalue weighted by molar-refractivity contribution is 0.291. The first kappa shape index (κ1) is 16.0. The third kappa shape index (κ3) is 4.86. The highest BCUT2D eigenvalue weighted by Gasteiger charge is 2.09. The fourth-order valence-corrected chi connectivity index (χ4v) is 2.62. The van der Waals surface area contributed by atoms with Crippen LogP contribution in [0.3, 0.4) is 0 Å². The number of hydrogen-bond acceptors (Lipinski definition) is 3. The van der Waals surface area contributed by atoms with Crippen molar-refractivity contribution >= 4 is 15.9 Å². The topological polar surface area (TPSA) is 39.1 Å². The summed E-state index contributed by atoms with van der Waals surface area (Å²) in [5.41, 5.74) is 1.24. The maximum absolute atomic E-state index is 5.73. The number of rotatable bonds is 8. The van der Waals surface area contributed by atoms with E-state index in [1.165, 1.54) is 5.56 Å². The average molecular weight is 352 g/mol. The average Bonchev–Trinajstić information content (AvgIpc) is 2.93. The van der Waals surface area contributed by atoms with Gasteiger partial charge in [0.25, 0.3) is 0 Å². The maximum Gasteiger partial charge on any atom is 0.120 e. The molecule has 0 amide bonds. The lowest BCUT2D eigenvalue weighted by Gasteiger charge is -2.13. The van der Waals surface area contributed by atoms with Gasteiger partial charge in [0.15, 0.2) is 0 Å². The Balaban J connectivity index is 1.85. The maximum atomic E-state index is 5.73. The van der Waals surface area contributed by atoms with Gasteiger partial charge in [0.2, 0.25) is 0 Å². The number of hydrogen-bond donors (Lipinski definition) is 1. The monoisotopic (exact) mass is 351 g/mol. The molecule has 1 heterocycles. The second-order valence-corrected chi connectivity index (χ2v) is 5.78. The minimum absolute atomic E-state index is 0.384. The number of nitrogens with one attached hydrogen (secondary N) is 1. The van der Waals surface area contributed by atoms with E-state index in [2.05, 4.69) is 46.4 Å². The number of benzene rings is 1. The van der Waals surface area contributed by atoms with Crippen molar-refractivity contribution in [3.8, 4) is 5.75 Å². The molecule has 4 nitrogen and oxygen atoms in total. The van der Waals surface area contributed by atoms with Gasteiger partial charge >= 0.3 is 0 Å². The van der Waals surface area contributed by atoms with E-state index in [4.69, 9.17) is 4.74 Å². The fourth-order valence-electron chi connectivity index (χ4n) is 2.24. The summed E-state index contributed by atoms with van der Waals surface area (Å²) in [6.07, 6.45) is 5.10. The lowest BCUT2D eigenvalue weighted by Crippen LogP contribution is -2.19. The summed E-state index contributed by atoms with van der Waals surface area (Å²) in [5.74, 6) is 0.871. The van der Waals surface area contributed by atoms with Gasteiger partial charge in [0.1, 0.15) is 12.4 Å². The Morgan fingerprint density at radius 2 is 2.24 bits per heavy atom. The smallest absolute Gasteiger partial charge is 0.120 e. The molecule has 21 heavy (non-hydrogen) atoms. The normalized spacial score (nSPS) is 12.3. The second kappa shape index (κ2) is 8.20. The van der Waals surface area contributed by atoms with Gasteiger partial charge in [0, 0.05) is 22.3 Å². The van der Waals surface area contributed by atoms with E-state index in [0.29, 0.717) is 12.6 Å². The molecule has 0 saturated heterocycles. The van der Waals surface area contributed by atoms with Crippen molar-refractivity contribution < 1.29 is 4.74 Å². The van der Waals surface area contributed by atoms with Crippen LogP contribution in [0.5, 0.6) is 5.75 Å². The van der Waals surface area contributed by atoms with Crippen LogP contribution in [0.4, 0.5) is 0 Å². The summed E-state index contributed by atoms with van der Waals surface area (Å²) in [6, 6.07) is 8.26. The Labute approximate surface area is 134 Å². The van der Waals surface area contributed by atoms with Gasteiger partial charge in [-0.1, -0.05) is 35.8 Å². The van der Waals surface area contributed by atoms with Crippen molar-refractivity contribution in [3.05, 3.63) is 46.7 Å². The van der Waals surface area contributed by atoms with Crippen molar-refractivity contribution in [1.29, 1.82) is 0 Å². The predicted octanol–water partition coefficient (Wildman–Crippen LogP) is 3.79. The SMILES string of the molecule is CCNC(CC)c1cnn(CCOc2cccc(Br)c2)c1. The molecule has 1 N–H and O–H groups in total. The number of halogens is 1. The molecule has 0 spiro atoms. The first-order valence-corrected chi connectivity index (χ1v) is 8.16. The molecule has 0 saturated carbocycles. The van der Waals surface area contributed by atoms with Gasteiger partial charge < -0.3 is 10.1 Å². The van der Waals surface area contributed by atoms with E-state index in [1.807, 2.05) is 35.1 Å². The summed E-state index contributed by atoms with van der Waals surface area (Å²) in [4.78, 5) is 0. The minimum Gasteiger partial charge on any atom is -0.492 e. The summed E-state index contributed by atoms with van der Waals surface area (Å²) in [5, 5.41) is 7.86. The highest BCUT2D eigenvalue weighted by atomic mass is 79.9. The van der Waals surface area contributed by atoms with Gasteiger partial charge in [-0.25, -0.2) is 0 Å². The van der Waals surface area contributed by atoms with Gasteiger partial charge in [-0.2, -0.15) is 5.10 Å². The van der Waals surface area contributed by atoms with Crippen molar-refractivity contribution in [2.45, 2.75) is 32.9 Å². The van der Waals surface area contributed by atoms with E-state index < -0.39 is 0 Å². The third-order valence-electron chi connectivity index (χ3n) is 3.30. The molecule has 1 atom stereocenters. The first-order valence-electron chi connectivity index (χ1n) is 7.37. The first-order chi connectivity index (χ1) is 10.2. The van der Waals surface area contributed by atoms with Crippen LogP contribution in [0.25, 0.3) is 0 Å². The van der Waals surface area contributed by atoms with Crippen LogP contribution in [0.2, 0.25) is 0 Å². The van der Waals surface area contributed by atoms with Gasteiger partial charge in [0.05, 0.1) is 12.7 Å². The standard InChI is InChI=1S/C16H22BrN3O/c1-3-16(18-4-2)13-11-19-20(12-13)8-9-21-15-7-5-6-14(17)10-15/h5-7,10-12,16,18H,3-4,8-9H2,1-2H3. The largest absolute Gasteiger partial charge is 0.492 e. The summed E-state index contributed by atoms with van der Waals surface area (Å²) >= 11 is 3.44. The van der Waals surface area contributed by atoms with Crippen molar-refractivity contribution in [2.24, 2.45) is 0 Å². The van der Waals surface area contributed by atoms with Crippen LogP contribution in [-0.2, 0) is 6.54 Å². The molecule has 2 rings (SSSR count). The highest BCUT2D eigenvalue weighted by molar-refractivity contribution is 9.10. The molecule has 1 unspecified atom stereocenters. The van der Waals surface area contributed by atoms with Crippen molar-refractivity contribution in [2.75, 3.05) is 13.2 Å². The molecule has 1 aromatic heterocycles. The van der Waals surface area contributed by atoms with E-state index in [0.717, 1.165) is 29.7 Å². The zero-order valence-electron chi connectivity index (χ0n) is 12.6. The second-order valence-electron chi connectivity index (χ2n) is 4.86. The molecule has 2 aromatic rings. The number of nitrogens with zero attached hydrogens (tertiary/aromatic N) is 2. The van der Waals surface area contributed by atoms with Crippen LogP contribution in [0.15, 0.2) is 41.1 Å². The third-order valence-corrected chi connectivity index (χ3v) is 3.79. The van der Waals surface area contributed by atoms with E-state index in [-0.39, 0.29) is 0 Å². The number of aromatic nitrogens is 2. The lowest BCUT2D eigenvalue weighted by atomic mass is 10.1. The predicted molar refractivity (Wildman–Crippen MR) is 88.6 cm³/mol. The summed E-state index contributed by atoms with van der Waals surface area (Å²) < 4.78 is 8.69. The quantitative estimate of drug-likeness (QED) is 0.786. The zero-order valence-corrected chi connectivity index (χ0v) is 14.1. The van der Waals surface area contributed by atoms with Crippen LogP contribution in [-0.4, -0.2) is 22.9 Å². The molecular formula is C16H22BrN3O. The molecule has 0 aliphatic heterocycles. The van der Waals surface area contributed by atoms with E-state index in [9.17, 15) is 0 Å². The molecule has 1 aromatic carbocycles.